The first kappa shape index (κ1) is 22.4. The molecule has 6 nitrogen and oxygen atoms in total. The summed E-state index contributed by atoms with van der Waals surface area (Å²) in [5.74, 6) is 1.32. The highest BCUT2D eigenvalue weighted by Gasteiger charge is 2.70. The molecule has 182 valence electrons. The molecule has 0 unspecified atom stereocenters. The first-order valence-electron chi connectivity index (χ1n) is 11.7. The minimum atomic E-state index is -3.11. The van der Waals surface area contributed by atoms with Crippen molar-refractivity contribution in [3.8, 4) is 5.75 Å². The number of carbonyl (C=O) groups is 1. The van der Waals surface area contributed by atoms with E-state index in [1.807, 2.05) is 6.07 Å². The number of aliphatic hydroxyl groups is 1. The number of hydrogen-bond acceptors (Lipinski definition) is 6. The molecule has 0 spiro atoms. The maximum Gasteiger partial charge on any atom is 0.353 e. The molecule has 0 radical (unpaired) electrons. The number of Topliss-reactive ketones (excluding diaryl/α,β-unsaturated/α-hetero) is 1. The van der Waals surface area contributed by atoms with Gasteiger partial charge in [-0.1, -0.05) is 16.8 Å². The number of fused-ring (bicyclic) bond motifs is 1. The SMILES string of the molecule is CC(F)(F)OC1CC(c2cc(C34CC(CC(=O)[C@H]5C[C@@H](O)c6cc(Cl)ccc6O5)(C3)C4)no2)C1. The highest BCUT2D eigenvalue weighted by atomic mass is 35.5. The van der Waals surface area contributed by atoms with Crippen LogP contribution >= 0.6 is 11.6 Å². The van der Waals surface area contributed by atoms with Crippen LogP contribution in [0.5, 0.6) is 5.75 Å². The predicted octanol–water partition coefficient (Wildman–Crippen LogP) is 5.47. The van der Waals surface area contributed by atoms with Gasteiger partial charge >= 0.3 is 6.11 Å². The number of halogens is 3. The van der Waals surface area contributed by atoms with Gasteiger partial charge in [0.15, 0.2) is 11.9 Å². The Morgan fingerprint density at radius 1 is 1.26 bits per heavy atom. The molecule has 0 saturated heterocycles. The zero-order valence-electron chi connectivity index (χ0n) is 18.7. The van der Waals surface area contributed by atoms with E-state index in [2.05, 4.69) is 5.16 Å². The number of nitrogens with zero attached hydrogens (tertiary/aromatic N) is 1. The molecule has 1 aromatic heterocycles. The Morgan fingerprint density at radius 3 is 2.71 bits per heavy atom. The molecule has 5 aliphatic rings. The molecule has 0 amide bonds. The molecule has 7 rings (SSSR count). The molecule has 4 saturated carbocycles. The molecule has 1 aliphatic heterocycles. The quantitative estimate of drug-likeness (QED) is 0.551. The van der Waals surface area contributed by atoms with E-state index < -0.39 is 24.4 Å². The number of aromatic nitrogens is 1. The maximum absolute atomic E-state index is 13.0. The van der Waals surface area contributed by atoms with Gasteiger partial charge in [0.05, 0.1) is 17.9 Å². The molecular formula is C25H26ClF2NO5. The Bertz CT molecular complexity index is 1120. The number of carbonyl (C=O) groups excluding carboxylic acids is 1. The van der Waals surface area contributed by atoms with Crippen LogP contribution in [0.4, 0.5) is 8.78 Å². The lowest BCUT2D eigenvalue weighted by Crippen LogP contribution is -2.65. The summed E-state index contributed by atoms with van der Waals surface area (Å²) in [6, 6.07) is 7.02. The second-order valence-electron chi connectivity index (χ2n) is 10.8. The topological polar surface area (TPSA) is 81.8 Å². The molecular weight excluding hydrogens is 468 g/mol. The zero-order valence-corrected chi connectivity index (χ0v) is 19.5. The summed E-state index contributed by atoms with van der Waals surface area (Å²) in [4.78, 5) is 13.0. The van der Waals surface area contributed by atoms with E-state index in [4.69, 9.17) is 25.6 Å². The van der Waals surface area contributed by atoms with Crippen molar-refractivity contribution in [2.75, 3.05) is 0 Å². The summed E-state index contributed by atoms with van der Waals surface area (Å²) >= 11 is 6.00. The Morgan fingerprint density at radius 2 is 2.00 bits per heavy atom. The molecule has 1 N–H and O–H groups in total. The van der Waals surface area contributed by atoms with E-state index in [0.717, 1.165) is 37.6 Å². The van der Waals surface area contributed by atoms with Gasteiger partial charge in [-0.05, 0) is 55.7 Å². The fourth-order valence-electron chi connectivity index (χ4n) is 6.47. The molecule has 4 aliphatic carbocycles. The first-order valence-corrected chi connectivity index (χ1v) is 12.1. The van der Waals surface area contributed by atoms with Gasteiger partial charge in [-0.15, -0.1) is 0 Å². The van der Waals surface area contributed by atoms with Gasteiger partial charge in [-0.2, -0.15) is 8.78 Å². The van der Waals surface area contributed by atoms with Gasteiger partial charge in [-0.3, -0.25) is 4.79 Å². The van der Waals surface area contributed by atoms with Crippen molar-refractivity contribution < 1.29 is 32.7 Å². The molecule has 2 bridgehead atoms. The Labute approximate surface area is 200 Å². The third-order valence-corrected chi connectivity index (χ3v) is 8.26. The molecule has 1 aromatic carbocycles. The minimum absolute atomic E-state index is 0.0158. The fraction of sp³-hybridized carbons (Fsp3) is 0.600. The van der Waals surface area contributed by atoms with Crippen LogP contribution in [0, 0.1) is 5.41 Å². The molecule has 2 heterocycles. The van der Waals surface area contributed by atoms with Gasteiger partial charge in [0.25, 0.3) is 0 Å². The van der Waals surface area contributed by atoms with Crippen LogP contribution < -0.4 is 4.74 Å². The van der Waals surface area contributed by atoms with E-state index in [0.29, 0.717) is 35.6 Å². The second-order valence-corrected chi connectivity index (χ2v) is 11.3. The molecule has 4 fully saturated rings. The number of aliphatic hydroxyl groups excluding tert-OH is 1. The summed E-state index contributed by atoms with van der Waals surface area (Å²) < 4.78 is 42.1. The molecule has 34 heavy (non-hydrogen) atoms. The Balaban J connectivity index is 1.03. The van der Waals surface area contributed by atoms with E-state index in [9.17, 15) is 18.7 Å². The number of ether oxygens (including phenoxy) is 2. The van der Waals surface area contributed by atoms with Crippen molar-refractivity contribution in [3.05, 3.63) is 46.3 Å². The lowest BCUT2D eigenvalue weighted by atomic mass is 9.33. The lowest BCUT2D eigenvalue weighted by molar-refractivity contribution is -0.264. The van der Waals surface area contributed by atoms with E-state index in [-0.39, 0.29) is 29.0 Å². The minimum Gasteiger partial charge on any atom is -0.482 e. The molecule has 9 heteroatoms. The summed E-state index contributed by atoms with van der Waals surface area (Å²) in [5, 5.41) is 15.3. The van der Waals surface area contributed by atoms with Crippen LogP contribution in [0.2, 0.25) is 5.02 Å². The second kappa shape index (κ2) is 7.48. The largest absolute Gasteiger partial charge is 0.482 e. The number of ketones is 1. The average Bonchev–Trinajstić information content (AvgIpc) is 3.14. The number of alkyl halides is 2. The monoisotopic (exact) mass is 493 g/mol. The van der Waals surface area contributed by atoms with Crippen molar-refractivity contribution in [1.82, 2.24) is 5.16 Å². The van der Waals surface area contributed by atoms with Crippen molar-refractivity contribution in [2.45, 2.75) is 87.6 Å². The zero-order chi connectivity index (χ0) is 23.9. The normalized spacial score (nSPS) is 35.9. The summed E-state index contributed by atoms with van der Waals surface area (Å²) in [6.07, 6.45) is -0.709. The van der Waals surface area contributed by atoms with Gasteiger partial charge < -0.3 is 19.1 Å². The van der Waals surface area contributed by atoms with Gasteiger partial charge in [0, 0.05) is 47.8 Å². The fourth-order valence-corrected chi connectivity index (χ4v) is 6.66. The van der Waals surface area contributed by atoms with Crippen molar-refractivity contribution in [1.29, 1.82) is 0 Å². The average molecular weight is 494 g/mol. The van der Waals surface area contributed by atoms with Gasteiger partial charge in [0.2, 0.25) is 0 Å². The molecule has 2 atom stereocenters. The summed E-state index contributed by atoms with van der Waals surface area (Å²) in [6.45, 7) is 0.758. The summed E-state index contributed by atoms with van der Waals surface area (Å²) in [7, 11) is 0. The van der Waals surface area contributed by atoms with Crippen LogP contribution in [0.1, 0.15) is 80.9 Å². The Kier molecular flexibility index (Phi) is 4.94. The van der Waals surface area contributed by atoms with Crippen LogP contribution in [-0.2, 0) is 14.9 Å². The van der Waals surface area contributed by atoms with Crippen LogP contribution in [0.3, 0.4) is 0 Å². The van der Waals surface area contributed by atoms with Crippen molar-refractivity contribution in [3.63, 3.8) is 0 Å². The van der Waals surface area contributed by atoms with E-state index in [1.54, 1.807) is 18.2 Å². The Hall–Kier alpha value is -2.03. The summed E-state index contributed by atoms with van der Waals surface area (Å²) in [5.41, 5.74) is 1.44. The van der Waals surface area contributed by atoms with Crippen LogP contribution in [0.25, 0.3) is 0 Å². The standard InChI is InChI=1S/C25H26ClF2NO5/c1-23(27,28)33-15-4-13(5-15)20-8-22(29-34-20)25-10-24(11-25,12-25)9-18(31)21-7-17(30)16-6-14(26)2-3-19(16)32-21/h2-3,6,8,13,15,17,21,30H,4-5,7,9-12H2,1H3/t13?,15?,17-,21-,24?,25?/m1/s1. The lowest BCUT2D eigenvalue weighted by Gasteiger charge is -2.70. The number of hydrogen-bond donors (Lipinski definition) is 1. The molecule has 2 aromatic rings. The maximum atomic E-state index is 13.0. The van der Waals surface area contributed by atoms with Crippen LogP contribution in [-0.4, -0.2) is 34.4 Å². The van der Waals surface area contributed by atoms with E-state index in [1.165, 1.54) is 0 Å². The third kappa shape index (κ3) is 3.74. The van der Waals surface area contributed by atoms with Gasteiger partial charge in [-0.25, -0.2) is 0 Å². The first-order chi connectivity index (χ1) is 16.0. The predicted molar refractivity (Wildman–Crippen MR) is 117 cm³/mol. The van der Waals surface area contributed by atoms with Crippen molar-refractivity contribution >= 4 is 17.4 Å². The van der Waals surface area contributed by atoms with Crippen molar-refractivity contribution in [2.24, 2.45) is 5.41 Å². The third-order valence-electron chi connectivity index (χ3n) is 8.03. The van der Waals surface area contributed by atoms with Crippen LogP contribution in [0.15, 0.2) is 28.8 Å². The van der Waals surface area contributed by atoms with Gasteiger partial charge in [0.1, 0.15) is 11.5 Å². The highest BCUT2D eigenvalue weighted by Crippen LogP contribution is 2.75. The van der Waals surface area contributed by atoms with E-state index >= 15 is 0 Å². The number of rotatable bonds is 7. The highest BCUT2D eigenvalue weighted by molar-refractivity contribution is 6.30. The smallest absolute Gasteiger partial charge is 0.353 e. The number of benzene rings is 1.